The number of aromatic nitrogens is 2. The Hall–Kier alpha value is -1.64. The van der Waals surface area contributed by atoms with Gasteiger partial charge in [-0.1, -0.05) is 0 Å². The molecule has 0 aromatic carbocycles. The van der Waals surface area contributed by atoms with Gasteiger partial charge in [-0.2, -0.15) is 0 Å². The molecule has 2 heterocycles. The largest absolute Gasteiger partial charge is 0.307 e. The first-order chi connectivity index (χ1) is 5.42. The van der Waals surface area contributed by atoms with Crippen LogP contribution in [0.5, 0.6) is 0 Å². The van der Waals surface area contributed by atoms with Gasteiger partial charge in [-0.3, -0.25) is 4.79 Å². The first kappa shape index (κ1) is 6.09. The monoisotopic (exact) mass is 145 g/mol. The fraction of sp³-hybridized carbons (Fsp3) is 0. The van der Waals surface area contributed by atoms with Crippen LogP contribution in [0.15, 0.2) is 30.7 Å². The highest BCUT2D eigenvalue weighted by Gasteiger charge is 1.99. The van der Waals surface area contributed by atoms with E-state index in [1.807, 2.05) is 12.5 Å². The zero-order chi connectivity index (χ0) is 7.68. The Labute approximate surface area is 63.3 Å². The van der Waals surface area contributed by atoms with Gasteiger partial charge in [0.05, 0.1) is 5.56 Å². The molecule has 2 rings (SSSR count). The molecule has 0 spiro atoms. The van der Waals surface area contributed by atoms with Crippen LogP contribution in [0.1, 0.15) is 5.56 Å². The lowest BCUT2D eigenvalue weighted by molar-refractivity contribution is 0.563. The van der Waals surface area contributed by atoms with Gasteiger partial charge in [0.15, 0.2) is 0 Å². The van der Waals surface area contributed by atoms with Crippen LogP contribution < -0.4 is 0 Å². The Morgan fingerprint density at radius 1 is 1.45 bits per heavy atom. The highest BCUT2D eigenvalue weighted by atomic mass is 16.1. The van der Waals surface area contributed by atoms with Crippen molar-refractivity contribution in [3.63, 3.8) is 0 Å². The molecule has 0 atom stereocenters. The van der Waals surface area contributed by atoms with Gasteiger partial charge in [0.25, 0.3) is 0 Å². The number of rotatable bonds is 1. The number of nitrogens with zero attached hydrogens (tertiary/aromatic N) is 2. The Morgan fingerprint density at radius 3 is 3.18 bits per heavy atom. The molecule has 11 heavy (non-hydrogen) atoms. The van der Waals surface area contributed by atoms with Crippen molar-refractivity contribution in [2.24, 2.45) is 0 Å². The molecule has 0 aliphatic heterocycles. The van der Waals surface area contributed by atoms with Crippen LogP contribution in [-0.2, 0) is 4.79 Å². The summed E-state index contributed by atoms with van der Waals surface area (Å²) in [7, 11) is 0. The van der Waals surface area contributed by atoms with Crippen LogP contribution in [0.25, 0.3) is 5.65 Å². The van der Waals surface area contributed by atoms with E-state index in [4.69, 9.17) is 0 Å². The molecule has 0 N–H and O–H groups in total. The molecule has 0 saturated carbocycles. The normalized spacial score (nSPS) is 10.2. The van der Waals surface area contributed by atoms with Crippen molar-refractivity contribution in [1.29, 1.82) is 0 Å². The molecule has 0 unspecified atom stereocenters. The molecular formula is C8H5N2O. The molecule has 0 fully saturated rings. The molecule has 53 valence electrons. The van der Waals surface area contributed by atoms with E-state index < -0.39 is 0 Å². The summed E-state index contributed by atoms with van der Waals surface area (Å²) in [6.45, 7) is 0. The second-order valence-corrected chi connectivity index (χ2v) is 2.18. The minimum absolute atomic E-state index is 0.498. The fourth-order valence-corrected chi connectivity index (χ4v) is 1.03. The van der Waals surface area contributed by atoms with Crippen LogP contribution in [-0.4, -0.2) is 15.7 Å². The summed E-state index contributed by atoms with van der Waals surface area (Å²) in [6, 6.07) is 3.48. The van der Waals surface area contributed by atoms with E-state index in [2.05, 4.69) is 4.98 Å². The van der Waals surface area contributed by atoms with E-state index in [0.717, 1.165) is 0 Å². The van der Waals surface area contributed by atoms with E-state index >= 15 is 0 Å². The topological polar surface area (TPSA) is 34.4 Å². The maximum atomic E-state index is 10.3. The number of carbonyl (C=O) groups excluding carboxylic acids is 1. The van der Waals surface area contributed by atoms with Gasteiger partial charge in [0.1, 0.15) is 5.65 Å². The van der Waals surface area contributed by atoms with Gasteiger partial charge < -0.3 is 4.40 Å². The molecule has 3 heteroatoms. The predicted molar refractivity (Wildman–Crippen MR) is 40.0 cm³/mol. The molecule has 0 amide bonds. The van der Waals surface area contributed by atoms with Gasteiger partial charge in [-0.25, -0.2) is 4.98 Å². The fourth-order valence-electron chi connectivity index (χ4n) is 1.03. The number of hydrogen-bond acceptors (Lipinski definition) is 2. The standard InChI is InChI=1S/C8H5N2O/c11-6-7-2-1-4-10-5-3-9-8(7)10/h1-5H. The maximum absolute atomic E-state index is 10.3. The molecule has 2 aromatic heterocycles. The van der Waals surface area contributed by atoms with Gasteiger partial charge in [0, 0.05) is 18.6 Å². The highest BCUT2D eigenvalue weighted by Crippen LogP contribution is 2.04. The second-order valence-electron chi connectivity index (χ2n) is 2.18. The Kier molecular flexibility index (Phi) is 1.22. The van der Waals surface area contributed by atoms with Crippen LogP contribution >= 0.6 is 0 Å². The lowest BCUT2D eigenvalue weighted by Crippen LogP contribution is -1.88. The average Bonchev–Trinajstić information content (AvgIpc) is 2.50. The zero-order valence-electron chi connectivity index (χ0n) is 5.69. The molecule has 0 aliphatic carbocycles. The van der Waals surface area contributed by atoms with E-state index in [9.17, 15) is 4.79 Å². The van der Waals surface area contributed by atoms with Crippen LogP contribution in [0.2, 0.25) is 0 Å². The minimum atomic E-state index is 0.498. The van der Waals surface area contributed by atoms with Crippen molar-refractivity contribution >= 4 is 11.9 Å². The van der Waals surface area contributed by atoms with Crippen LogP contribution in [0, 0.1) is 0 Å². The molecule has 0 saturated heterocycles. The van der Waals surface area contributed by atoms with Crippen molar-refractivity contribution in [3.05, 3.63) is 36.3 Å². The van der Waals surface area contributed by atoms with Crippen molar-refractivity contribution in [1.82, 2.24) is 9.38 Å². The van der Waals surface area contributed by atoms with E-state index in [-0.39, 0.29) is 0 Å². The van der Waals surface area contributed by atoms with Crippen molar-refractivity contribution in [2.45, 2.75) is 0 Å². The van der Waals surface area contributed by atoms with Crippen LogP contribution in [0.3, 0.4) is 0 Å². The molecule has 0 aliphatic rings. The third kappa shape index (κ3) is 0.816. The average molecular weight is 145 g/mol. The van der Waals surface area contributed by atoms with Crippen LogP contribution in [0.4, 0.5) is 0 Å². The van der Waals surface area contributed by atoms with Gasteiger partial charge in [-0.15, -0.1) is 0 Å². The van der Waals surface area contributed by atoms with Crippen molar-refractivity contribution < 1.29 is 4.79 Å². The lowest BCUT2D eigenvalue weighted by Gasteiger charge is -1.92. The molecular weight excluding hydrogens is 140 g/mol. The summed E-state index contributed by atoms with van der Waals surface area (Å²) in [4.78, 5) is 14.3. The summed E-state index contributed by atoms with van der Waals surface area (Å²) in [6.07, 6.45) is 7.10. The number of fused-ring (bicyclic) bond motifs is 1. The van der Waals surface area contributed by atoms with Crippen molar-refractivity contribution in [3.8, 4) is 0 Å². The first-order valence-electron chi connectivity index (χ1n) is 3.21. The van der Waals surface area contributed by atoms with E-state index in [0.29, 0.717) is 11.2 Å². The van der Waals surface area contributed by atoms with Gasteiger partial charge >= 0.3 is 0 Å². The molecule has 2 aromatic rings. The Bertz CT molecular complexity index is 392. The third-order valence-electron chi connectivity index (χ3n) is 1.53. The van der Waals surface area contributed by atoms with Crippen molar-refractivity contribution in [2.75, 3.05) is 0 Å². The second kappa shape index (κ2) is 2.20. The quantitative estimate of drug-likeness (QED) is 0.594. The summed E-state index contributed by atoms with van der Waals surface area (Å²) in [5.41, 5.74) is 1.15. The first-order valence-corrected chi connectivity index (χ1v) is 3.21. The predicted octanol–water partition coefficient (Wildman–Crippen LogP) is 0.792. The molecule has 3 nitrogen and oxygen atoms in total. The van der Waals surface area contributed by atoms with E-state index in [1.54, 1.807) is 28.9 Å². The van der Waals surface area contributed by atoms with E-state index in [1.165, 1.54) is 0 Å². The Morgan fingerprint density at radius 2 is 2.36 bits per heavy atom. The maximum Gasteiger partial charge on any atom is 0.237 e. The van der Waals surface area contributed by atoms with Gasteiger partial charge in [0.2, 0.25) is 6.29 Å². The summed E-state index contributed by atoms with van der Waals surface area (Å²) in [5, 5.41) is 0. The smallest absolute Gasteiger partial charge is 0.237 e. The number of imidazole rings is 1. The SMILES string of the molecule is O=[C]c1cccn2ccnc12. The number of hydrogen-bond donors (Lipinski definition) is 0. The third-order valence-corrected chi connectivity index (χ3v) is 1.53. The number of pyridine rings is 1. The Balaban J connectivity index is 2.88. The molecule has 1 radical (unpaired) electrons. The lowest BCUT2D eigenvalue weighted by atomic mass is 10.3. The highest BCUT2D eigenvalue weighted by molar-refractivity contribution is 5.84. The summed E-state index contributed by atoms with van der Waals surface area (Å²) in [5.74, 6) is 0. The molecule has 0 bridgehead atoms. The summed E-state index contributed by atoms with van der Waals surface area (Å²) < 4.78 is 1.78. The minimum Gasteiger partial charge on any atom is -0.307 e. The van der Waals surface area contributed by atoms with Gasteiger partial charge in [-0.05, 0) is 12.1 Å². The zero-order valence-corrected chi connectivity index (χ0v) is 5.69. The summed E-state index contributed by atoms with van der Waals surface area (Å²) >= 11 is 0.